The number of hydrogen-bond donors (Lipinski definition) is 1. The summed E-state index contributed by atoms with van der Waals surface area (Å²) < 4.78 is 13.1. The molecular formula is C22H21FN2O2S. The second-order valence-corrected chi connectivity index (χ2v) is 7.92. The van der Waals surface area contributed by atoms with E-state index in [2.05, 4.69) is 10.3 Å². The van der Waals surface area contributed by atoms with Crippen LogP contribution in [0, 0.1) is 26.6 Å². The molecule has 0 bridgehead atoms. The minimum absolute atomic E-state index is 0.0429. The predicted molar refractivity (Wildman–Crippen MR) is 110 cm³/mol. The summed E-state index contributed by atoms with van der Waals surface area (Å²) in [6, 6.07) is 11.8. The highest BCUT2D eigenvalue weighted by molar-refractivity contribution is 7.16. The Balaban J connectivity index is 1.62. The smallest absolute Gasteiger partial charge is 0.226 e. The number of benzene rings is 2. The van der Waals surface area contributed by atoms with Gasteiger partial charge in [0.05, 0.1) is 5.69 Å². The number of Topliss-reactive ketones (excluding diaryl/α,β-unsaturated/α-hetero) is 1. The van der Waals surface area contributed by atoms with Crippen molar-refractivity contribution < 1.29 is 14.0 Å². The van der Waals surface area contributed by atoms with Crippen LogP contribution in [0.5, 0.6) is 0 Å². The largest absolute Gasteiger partial charge is 0.302 e. The molecule has 0 spiro atoms. The first-order chi connectivity index (χ1) is 13.3. The minimum atomic E-state index is -0.307. The summed E-state index contributed by atoms with van der Waals surface area (Å²) in [7, 11) is 0. The fraction of sp³-hybridized carbons (Fsp3) is 0.227. The van der Waals surface area contributed by atoms with Gasteiger partial charge in [-0.1, -0.05) is 17.7 Å². The van der Waals surface area contributed by atoms with E-state index in [4.69, 9.17) is 0 Å². The van der Waals surface area contributed by atoms with Crippen LogP contribution in [0.2, 0.25) is 0 Å². The van der Waals surface area contributed by atoms with Gasteiger partial charge in [0, 0.05) is 28.8 Å². The molecule has 1 amide bonds. The molecule has 28 heavy (non-hydrogen) atoms. The van der Waals surface area contributed by atoms with Crippen molar-refractivity contribution >= 4 is 28.2 Å². The normalized spacial score (nSPS) is 10.7. The number of hydrogen-bond acceptors (Lipinski definition) is 4. The molecule has 0 aliphatic heterocycles. The Bertz CT molecular complexity index is 1030. The van der Waals surface area contributed by atoms with Crippen LogP contribution in [-0.4, -0.2) is 16.7 Å². The summed E-state index contributed by atoms with van der Waals surface area (Å²) in [5.74, 6) is -0.601. The van der Waals surface area contributed by atoms with Crippen LogP contribution in [0.3, 0.4) is 0 Å². The molecular weight excluding hydrogens is 375 g/mol. The molecule has 3 rings (SSSR count). The number of halogens is 1. The number of anilines is 1. The summed E-state index contributed by atoms with van der Waals surface area (Å²) in [5.41, 5.74) is 4.10. The highest BCUT2D eigenvalue weighted by Gasteiger charge is 2.15. The van der Waals surface area contributed by atoms with Crippen molar-refractivity contribution in [3.05, 3.63) is 69.8 Å². The maximum atomic E-state index is 13.1. The van der Waals surface area contributed by atoms with Gasteiger partial charge in [0.15, 0.2) is 10.9 Å². The lowest BCUT2D eigenvalue weighted by Gasteiger charge is -2.06. The average molecular weight is 396 g/mol. The number of rotatable bonds is 6. The fourth-order valence-electron chi connectivity index (χ4n) is 2.91. The second kappa shape index (κ2) is 8.44. The molecule has 1 heterocycles. The van der Waals surface area contributed by atoms with Crippen molar-refractivity contribution in [3.63, 3.8) is 0 Å². The molecule has 0 fully saturated rings. The third-order valence-electron chi connectivity index (χ3n) is 4.43. The fourth-order valence-corrected chi connectivity index (χ4v) is 3.76. The summed E-state index contributed by atoms with van der Waals surface area (Å²) in [4.78, 5) is 30.0. The van der Waals surface area contributed by atoms with E-state index < -0.39 is 0 Å². The Morgan fingerprint density at radius 1 is 1.04 bits per heavy atom. The van der Waals surface area contributed by atoms with Gasteiger partial charge >= 0.3 is 0 Å². The lowest BCUT2D eigenvalue weighted by atomic mass is 9.99. The number of nitrogens with zero attached hydrogens (tertiary/aromatic N) is 1. The molecule has 2 aromatic carbocycles. The molecule has 0 aliphatic carbocycles. The van der Waals surface area contributed by atoms with Gasteiger partial charge in [0.1, 0.15) is 5.82 Å². The summed E-state index contributed by atoms with van der Waals surface area (Å²) in [6.45, 7) is 5.73. The molecule has 1 aromatic heterocycles. The molecule has 3 aromatic rings. The van der Waals surface area contributed by atoms with Crippen LogP contribution in [0.1, 0.15) is 39.2 Å². The maximum Gasteiger partial charge on any atom is 0.226 e. The van der Waals surface area contributed by atoms with E-state index in [1.165, 1.54) is 23.5 Å². The van der Waals surface area contributed by atoms with Crippen molar-refractivity contribution in [1.82, 2.24) is 4.98 Å². The predicted octanol–water partition coefficient (Wildman–Crippen LogP) is 5.48. The molecule has 144 valence electrons. The van der Waals surface area contributed by atoms with E-state index in [9.17, 15) is 14.0 Å². The molecule has 0 saturated carbocycles. The van der Waals surface area contributed by atoms with Gasteiger partial charge in [-0.25, -0.2) is 9.37 Å². The van der Waals surface area contributed by atoms with E-state index in [1.807, 2.05) is 39.0 Å². The van der Waals surface area contributed by atoms with Crippen LogP contribution < -0.4 is 5.32 Å². The zero-order valence-corrected chi connectivity index (χ0v) is 16.8. The Labute approximate surface area is 167 Å². The van der Waals surface area contributed by atoms with Crippen LogP contribution >= 0.6 is 11.3 Å². The molecule has 0 aliphatic rings. The number of aromatic nitrogens is 1. The Kier molecular flexibility index (Phi) is 5.99. The number of ketones is 1. The number of carbonyl (C=O) groups excluding carboxylic acids is 2. The number of thiazole rings is 1. The second-order valence-electron chi connectivity index (χ2n) is 6.72. The molecule has 0 saturated heterocycles. The molecule has 0 radical (unpaired) electrons. The lowest BCUT2D eigenvalue weighted by molar-refractivity contribution is -0.116. The third-order valence-corrected chi connectivity index (χ3v) is 5.32. The van der Waals surface area contributed by atoms with Crippen molar-refractivity contribution in [2.45, 2.75) is 33.6 Å². The van der Waals surface area contributed by atoms with Crippen molar-refractivity contribution in [2.24, 2.45) is 0 Å². The topological polar surface area (TPSA) is 59.1 Å². The number of nitrogens with one attached hydrogen (secondary N) is 1. The van der Waals surface area contributed by atoms with Gasteiger partial charge in [0.2, 0.25) is 5.91 Å². The minimum Gasteiger partial charge on any atom is -0.302 e. The quantitative estimate of drug-likeness (QED) is 0.562. The van der Waals surface area contributed by atoms with Crippen LogP contribution in [0.25, 0.3) is 11.3 Å². The monoisotopic (exact) mass is 396 g/mol. The van der Waals surface area contributed by atoms with Gasteiger partial charge in [-0.3, -0.25) is 9.59 Å². The SMILES string of the molecule is Cc1ccc(C)c(C(=O)CCC(=O)Nc2nc(-c3ccc(F)cc3)c(C)s2)c1. The molecule has 6 heteroatoms. The van der Waals surface area contributed by atoms with Crippen molar-refractivity contribution in [3.8, 4) is 11.3 Å². The van der Waals surface area contributed by atoms with E-state index in [0.717, 1.165) is 21.6 Å². The van der Waals surface area contributed by atoms with Crippen molar-refractivity contribution in [1.29, 1.82) is 0 Å². The first kappa shape index (κ1) is 19.9. The summed E-state index contributed by atoms with van der Waals surface area (Å²) in [6.07, 6.45) is 0.238. The zero-order valence-electron chi connectivity index (χ0n) is 16.0. The van der Waals surface area contributed by atoms with Crippen LogP contribution in [-0.2, 0) is 4.79 Å². The number of carbonyl (C=O) groups is 2. The lowest BCUT2D eigenvalue weighted by Crippen LogP contribution is -2.13. The van der Waals surface area contributed by atoms with Gasteiger partial charge in [-0.15, -0.1) is 11.3 Å². The zero-order chi connectivity index (χ0) is 20.3. The highest BCUT2D eigenvalue weighted by Crippen LogP contribution is 2.30. The summed E-state index contributed by atoms with van der Waals surface area (Å²) >= 11 is 1.36. The highest BCUT2D eigenvalue weighted by atomic mass is 32.1. The molecule has 4 nitrogen and oxygen atoms in total. The van der Waals surface area contributed by atoms with Crippen LogP contribution in [0.4, 0.5) is 9.52 Å². The number of amides is 1. The van der Waals surface area contributed by atoms with E-state index in [1.54, 1.807) is 12.1 Å². The average Bonchev–Trinajstić information content (AvgIpc) is 3.02. The third kappa shape index (κ3) is 4.70. The Morgan fingerprint density at radius 3 is 2.46 bits per heavy atom. The standard InChI is InChI=1S/C22H21FN2O2S/c1-13-4-5-14(2)18(12-13)19(26)10-11-20(27)24-22-25-21(15(3)28-22)16-6-8-17(23)9-7-16/h4-9,12H,10-11H2,1-3H3,(H,24,25,27). The van der Waals surface area contributed by atoms with Gasteiger partial charge < -0.3 is 5.32 Å². The Hall–Kier alpha value is -2.86. The van der Waals surface area contributed by atoms with Gasteiger partial charge in [0.25, 0.3) is 0 Å². The van der Waals surface area contributed by atoms with E-state index >= 15 is 0 Å². The molecule has 1 N–H and O–H groups in total. The Morgan fingerprint density at radius 2 is 1.75 bits per heavy atom. The van der Waals surface area contributed by atoms with Crippen molar-refractivity contribution in [2.75, 3.05) is 5.32 Å². The number of aryl methyl sites for hydroxylation is 3. The first-order valence-corrected chi connectivity index (χ1v) is 9.79. The van der Waals surface area contributed by atoms with E-state index in [0.29, 0.717) is 16.4 Å². The molecule has 0 unspecified atom stereocenters. The molecule has 0 atom stereocenters. The first-order valence-electron chi connectivity index (χ1n) is 8.97. The van der Waals surface area contributed by atoms with Gasteiger partial charge in [-0.2, -0.15) is 0 Å². The van der Waals surface area contributed by atoms with Gasteiger partial charge in [-0.05, 0) is 56.7 Å². The van der Waals surface area contributed by atoms with Crippen LogP contribution in [0.15, 0.2) is 42.5 Å². The van der Waals surface area contributed by atoms with E-state index in [-0.39, 0.29) is 30.3 Å². The maximum absolute atomic E-state index is 13.1. The summed E-state index contributed by atoms with van der Waals surface area (Å²) in [5, 5.41) is 3.23.